The molecule has 1 aromatic carbocycles. The van der Waals surface area contributed by atoms with Crippen molar-refractivity contribution in [3.05, 3.63) is 52.5 Å². The number of aromatic nitrogens is 4. The molecule has 1 saturated carbocycles. The van der Waals surface area contributed by atoms with Crippen LogP contribution in [0.3, 0.4) is 0 Å². The molecule has 0 unspecified atom stereocenters. The highest BCUT2D eigenvalue weighted by atomic mass is 79.9. The zero-order chi connectivity index (χ0) is 17.7. The average molecular weight is 415 g/mol. The van der Waals surface area contributed by atoms with Crippen molar-refractivity contribution in [3.63, 3.8) is 0 Å². The first-order chi connectivity index (χ1) is 12.6. The van der Waals surface area contributed by atoms with E-state index in [4.69, 9.17) is 14.2 Å². The van der Waals surface area contributed by atoms with Crippen LogP contribution in [0.15, 0.2) is 45.7 Å². The summed E-state index contributed by atoms with van der Waals surface area (Å²) in [6.45, 7) is 3.64. The van der Waals surface area contributed by atoms with Crippen LogP contribution < -0.4 is 0 Å². The number of nitrogens with zero attached hydrogens (tertiary/aromatic N) is 4. The predicted molar refractivity (Wildman–Crippen MR) is 98.7 cm³/mol. The largest absolute Gasteiger partial charge is 0.377 e. The first kappa shape index (κ1) is 16.2. The Hall–Kier alpha value is -1.99. The number of ether oxygens (including phenoxy) is 1. The molecule has 3 heterocycles. The molecular formula is C19H19BrN4O2. The Kier molecular flexibility index (Phi) is 3.76. The van der Waals surface area contributed by atoms with Crippen molar-refractivity contribution < 1.29 is 9.26 Å². The van der Waals surface area contributed by atoms with Gasteiger partial charge in [0.05, 0.1) is 36.4 Å². The van der Waals surface area contributed by atoms with Crippen LogP contribution in [-0.2, 0) is 10.2 Å². The molecule has 0 amide bonds. The van der Waals surface area contributed by atoms with Gasteiger partial charge < -0.3 is 9.26 Å². The number of hydrogen-bond acceptors (Lipinski definition) is 5. The van der Waals surface area contributed by atoms with E-state index in [2.05, 4.69) is 57.4 Å². The van der Waals surface area contributed by atoms with Crippen molar-refractivity contribution in [2.75, 3.05) is 13.2 Å². The molecule has 1 aliphatic heterocycles. The minimum atomic E-state index is -0.236. The highest BCUT2D eigenvalue weighted by Gasteiger charge is 2.47. The molecule has 1 atom stereocenters. The summed E-state index contributed by atoms with van der Waals surface area (Å²) in [5.41, 5.74) is 1.84. The number of hydrogen-bond donors (Lipinski definition) is 0. The number of halogens is 1. The quantitative estimate of drug-likeness (QED) is 0.631. The van der Waals surface area contributed by atoms with Crippen molar-refractivity contribution in [2.24, 2.45) is 5.92 Å². The van der Waals surface area contributed by atoms with Gasteiger partial charge in [0, 0.05) is 10.7 Å². The van der Waals surface area contributed by atoms with Gasteiger partial charge in [0.1, 0.15) is 0 Å². The molecule has 7 heteroatoms. The first-order valence-corrected chi connectivity index (χ1v) is 9.66. The second-order valence-corrected chi connectivity index (χ2v) is 8.22. The Morgan fingerprint density at radius 2 is 1.96 bits per heavy atom. The van der Waals surface area contributed by atoms with E-state index in [1.807, 2.05) is 10.9 Å². The van der Waals surface area contributed by atoms with Gasteiger partial charge in [-0.3, -0.25) is 4.68 Å². The van der Waals surface area contributed by atoms with Gasteiger partial charge in [0.25, 0.3) is 5.89 Å². The minimum Gasteiger partial charge on any atom is -0.377 e. The maximum absolute atomic E-state index is 5.61. The molecule has 1 aliphatic carbocycles. The predicted octanol–water partition coefficient (Wildman–Crippen LogP) is 3.98. The van der Waals surface area contributed by atoms with Crippen LogP contribution >= 0.6 is 15.9 Å². The van der Waals surface area contributed by atoms with Gasteiger partial charge in [-0.25, -0.2) is 0 Å². The normalized spacial score (nSPS) is 19.9. The third-order valence-electron chi connectivity index (χ3n) is 5.57. The Labute approximate surface area is 159 Å². The fourth-order valence-electron chi connectivity index (χ4n) is 3.58. The third-order valence-corrected chi connectivity index (χ3v) is 6.10. The Morgan fingerprint density at radius 1 is 1.19 bits per heavy atom. The van der Waals surface area contributed by atoms with Crippen molar-refractivity contribution in [1.29, 1.82) is 0 Å². The topological polar surface area (TPSA) is 66.0 Å². The van der Waals surface area contributed by atoms with E-state index in [0.29, 0.717) is 31.1 Å². The molecule has 2 fully saturated rings. The van der Waals surface area contributed by atoms with Crippen molar-refractivity contribution in [3.8, 4) is 11.5 Å². The highest BCUT2D eigenvalue weighted by molar-refractivity contribution is 9.10. The molecule has 5 rings (SSSR count). The van der Waals surface area contributed by atoms with Crippen LogP contribution in [0.5, 0.6) is 0 Å². The second-order valence-electron chi connectivity index (χ2n) is 7.31. The zero-order valence-corrected chi connectivity index (χ0v) is 16.0. The first-order valence-electron chi connectivity index (χ1n) is 8.87. The number of rotatable bonds is 5. The van der Waals surface area contributed by atoms with Gasteiger partial charge in [-0.1, -0.05) is 33.2 Å². The lowest BCUT2D eigenvalue weighted by Crippen LogP contribution is -2.30. The van der Waals surface area contributed by atoms with Gasteiger partial charge in [0.15, 0.2) is 5.82 Å². The summed E-state index contributed by atoms with van der Waals surface area (Å²) >= 11 is 3.51. The highest BCUT2D eigenvalue weighted by Crippen LogP contribution is 2.50. The van der Waals surface area contributed by atoms with Gasteiger partial charge >= 0.3 is 0 Å². The SMILES string of the molecule is C[C@@](c1ccc(Br)cc1)(c1noc(-c2cnn(C3COC3)c2)n1)C1CC1. The van der Waals surface area contributed by atoms with Gasteiger partial charge in [-0.15, -0.1) is 0 Å². The second kappa shape index (κ2) is 6.03. The summed E-state index contributed by atoms with van der Waals surface area (Å²) in [5.74, 6) is 1.82. The molecule has 0 N–H and O–H groups in total. The van der Waals surface area contributed by atoms with Crippen LogP contribution in [0.1, 0.15) is 37.2 Å². The summed E-state index contributed by atoms with van der Waals surface area (Å²) in [6.07, 6.45) is 6.12. The van der Waals surface area contributed by atoms with Gasteiger partial charge in [-0.05, 0) is 43.4 Å². The summed E-state index contributed by atoms with van der Waals surface area (Å²) in [7, 11) is 0. The van der Waals surface area contributed by atoms with Crippen LogP contribution in [0, 0.1) is 5.92 Å². The molecule has 134 valence electrons. The Morgan fingerprint density at radius 3 is 2.62 bits per heavy atom. The molecule has 0 bridgehead atoms. The van der Waals surface area contributed by atoms with E-state index >= 15 is 0 Å². The van der Waals surface area contributed by atoms with E-state index in [-0.39, 0.29) is 5.41 Å². The fourth-order valence-corrected chi connectivity index (χ4v) is 3.84. The molecule has 0 radical (unpaired) electrons. The summed E-state index contributed by atoms with van der Waals surface area (Å²) in [5, 5.41) is 8.76. The lowest BCUT2D eigenvalue weighted by atomic mass is 9.77. The van der Waals surface area contributed by atoms with E-state index in [9.17, 15) is 0 Å². The molecule has 26 heavy (non-hydrogen) atoms. The van der Waals surface area contributed by atoms with Crippen LogP contribution in [-0.4, -0.2) is 33.1 Å². The third kappa shape index (κ3) is 2.61. The monoisotopic (exact) mass is 414 g/mol. The lowest BCUT2D eigenvalue weighted by Gasteiger charge is -2.26. The van der Waals surface area contributed by atoms with E-state index < -0.39 is 0 Å². The average Bonchev–Trinajstić information content (AvgIpc) is 3.14. The molecule has 6 nitrogen and oxygen atoms in total. The van der Waals surface area contributed by atoms with Crippen LogP contribution in [0.25, 0.3) is 11.5 Å². The van der Waals surface area contributed by atoms with E-state index in [1.54, 1.807) is 6.20 Å². The Balaban J connectivity index is 1.49. The fraction of sp³-hybridized carbons (Fsp3) is 0.421. The molecule has 2 aliphatic rings. The van der Waals surface area contributed by atoms with Crippen molar-refractivity contribution in [1.82, 2.24) is 19.9 Å². The lowest BCUT2D eigenvalue weighted by molar-refractivity contribution is -0.0286. The standard InChI is InChI=1S/C19H19BrN4O2/c1-19(13-2-3-13,14-4-6-15(20)7-5-14)18-22-17(26-23-18)12-8-21-24(9-12)16-10-25-11-16/h4-9,13,16H,2-3,10-11H2,1H3/t19-/m1/s1. The maximum atomic E-state index is 5.61. The van der Waals surface area contributed by atoms with Crippen LogP contribution in [0.4, 0.5) is 0 Å². The minimum absolute atomic E-state index is 0.236. The molecule has 1 saturated heterocycles. The van der Waals surface area contributed by atoms with Crippen molar-refractivity contribution >= 4 is 15.9 Å². The maximum Gasteiger partial charge on any atom is 0.261 e. The summed E-state index contributed by atoms with van der Waals surface area (Å²) < 4.78 is 13.8. The molecule has 2 aromatic heterocycles. The van der Waals surface area contributed by atoms with E-state index in [1.165, 1.54) is 18.4 Å². The van der Waals surface area contributed by atoms with E-state index in [0.717, 1.165) is 15.9 Å². The van der Waals surface area contributed by atoms with Crippen molar-refractivity contribution in [2.45, 2.75) is 31.2 Å². The van der Waals surface area contributed by atoms with Crippen LogP contribution in [0.2, 0.25) is 0 Å². The summed E-state index contributed by atoms with van der Waals surface area (Å²) in [4.78, 5) is 4.76. The van der Waals surface area contributed by atoms with Gasteiger partial charge in [-0.2, -0.15) is 10.1 Å². The Bertz CT molecular complexity index is 927. The molecular weight excluding hydrogens is 396 g/mol. The number of benzene rings is 1. The van der Waals surface area contributed by atoms with Gasteiger partial charge in [0.2, 0.25) is 0 Å². The summed E-state index contributed by atoms with van der Waals surface area (Å²) in [6, 6.07) is 8.74. The molecule has 0 spiro atoms. The smallest absolute Gasteiger partial charge is 0.261 e. The molecule has 3 aromatic rings. The zero-order valence-electron chi connectivity index (χ0n) is 14.4.